The molecule has 0 N–H and O–H groups in total. The Morgan fingerprint density at radius 1 is 0.442 bits per heavy atom. The minimum absolute atomic E-state index is 0.639. The molecule has 0 atom stereocenters. The molecule has 52 heavy (non-hydrogen) atoms. The number of rotatable bonds is 9. The highest BCUT2D eigenvalue weighted by atomic mass is 15.4. The maximum absolute atomic E-state index is 4.93. The highest BCUT2D eigenvalue weighted by Gasteiger charge is 2.21. The predicted molar refractivity (Wildman–Crippen MR) is 202 cm³/mol. The van der Waals surface area contributed by atoms with Crippen molar-refractivity contribution in [3.8, 4) is 45.5 Å². The van der Waals surface area contributed by atoms with Crippen LogP contribution in [-0.4, -0.2) is 62.0 Å². The standard InChI is InChI=1S/C40H34N12/c1-27-15-19-35(20-16-27)51-29(3)37(43-47-51)39-31(25-49(45-39)33-11-7-5-8-12-33)23-41-42-24-32-26-50(34-13-9-6-10-14-34)46-40(32)38-30(4)52(48-44-38)36-21-17-28(2)18-22-36/h5-26H,1-4H3. The first kappa shape index (κ1) is 32.1. The number of benzene rings is 4. The fourth-order valence-electron chi connectivity index (χ4n) is 5.91. The van der Waals surface area contributed by atoms with Crippen LogP contribution in [0.15, 0.2) is 132 Å². The Bertz CT molecular complexity index is 2350. The molecule has 0 amide bonds. The Morgan fingerprint density at radius 3 is 1.21 bits per heavy atom. The number of para-hydroxylation sites is 2. The van der Waals surface area contributed by atoms with Gasteiger partial charge in [-0.25, -0.2) is 18.7 Å². The van der Waals surface area contributed by atoms with E-state index in [1.54, 1.807) is 12.4 Å². The molecule has 0 unspecified atom stereocenters. The van der Waals surface area contributed by atoms with E-state index < -0.39 is 0 Å². The Labute approximate surface area is 300 Å². The summed E-state index contributed by atoms with van der Waals surface area (Å²) in [6, 6.07) is 36.1. The van der Waals surface area contributed by atoms with Gasteiger partial charge in [0.1, 0.15) is 22.8 Å². The number of hydrogen-bond donors (Lipinski definition) is 0. The molecule has 4 aromatic heterocycles. The highest BCUT2D eigenvalue weighted by Crippen LogP contribution is 2.27. The summed E-state index contributed by atoms with van der Waals surface area (Å²) in [5, 5.41) is 36.9. The van der Waals surface area contributed by atoms with Gasteiger partial charge in [-0.05, 0) is 76.2 Å². The maximum Gasteiger partial charge on any atom is 0.137 e. The molecule has 0 spiro atoms. The lowest BCUT2D eigenvalue weighted by atomic mass is 10.1. The number of aryl methyl sites for hydroxylation is 2. The lowest BCUT2D eigenvalue weighted by molar-refractivity contribution is 0.785. The van der Waals surface area contributed by atoms with Gasteiger partial charge in [-0.3, -0.25) is 0 Å². The molecule has 0 radical (unpaired) electrons. The molecule has 4 aromatic carbocycles. The summed E-state index contributed by atoms with van der Waals surface area (Å²) in [7, 11) is 0. The van der Waals surface area contributed by atoms with Gasteiger partial charge in [-0.1, -0.05) is 82.2 Å². The molecule has 8 aromatic rings. The van der Waals surface area contributed by atoms with Crippen molar-refractivity contribution >= 4 is 12.4 Å². The quantitative estimate of drug-likeness (QED) is 0.117. The molecule has 12 heteroatoms. The summed E-state index contributed by atoms with van der Waals surface area (Å²) in [5.74, 6) is 0. The molecule has 254 valence electrons. The first-order chi connectivity index (χ1) is 25.4. The van der Waals surface area contributed by atoms with Crippen molar-refractivity contribution in [2.24, 2.45) is 10.2 Å². The van der Waals surface area contributed by atoms with E-state index in [0.717, 1.165) is 45.3 Å². The van der Waals surface area contributed by atoms with E-state index in [4.69, 9.17) is 10.2 Å². The van der Waals surface area contributed by atoms with E-state index in [1.165, 1.54) is 11.1 Å². The van der Waals surface area contributed by atoms with Gasteiger partial charge in [-0.2, -0.15) is 20.4 Å². The minimum atomic E-state index is 0.639. The monoisotopic (exact) mass is 682 g/mol. The predicted octanol–water partition coefficient (Wildman–Crippen LogP) is 7.24. The van der Waals surface area contributed by atoms with E-state index in [1.807, 2.05) is 130 Å². The van der Waals surface area contributed by atoms with Crippen LogP contribution < -0.4 is 0 Å². The summed E-state index contributed by atoms with van der Waals surface area (Å²) in [4.78, 5) is 0. The zero-order valence-electron chi connectivity index (χ0n) is 29.1. The summed E-state index contributed by atoms with van der Waals surface area (Å²) in [6.45, 7) is 8.09. The summed E-state index contributed by atoms with van der Waals surface area (Å²) < 4.78 is 7.26. The van der Waals surface area contributed by atoms with Gasteiger partial charge >= 0.3 is 0 Å². The minimum Gasteiger partial charge on any atom is -0.240 e. The van der Waals surface area contributed by atoms with Crippen LogP contribution in [0.1, 0.15) is 33.6 Å². The summed E-state index contributed by atoms with van der Waals surface area (Å²) in [6.07, 6.45) is 7.20. The molecule has 0 fully saturated rings. The lowest BCUT2D eigenvalue weighted by Crippen LogP contribution is -1.99. The van der Waals surface area contributed by atoms with Crippen molar-refractivity contribution in [1.82, 2.24) is 49.5 Å². The van der Waals surface area contributed by atoms with Crippen molar-refractivity contribution in [3.05, 3.63) is 155 Å². The Morgan fingerprint density at radius 2 is 0.827 bits per heavy atom. The van der Waals surface area contributed by atoms with Crippen LogP contribution in [0.4, 0.5) is 0 Å². The summed E-state index contributed by atoms with van der Waals surface area (Å²) >= 11 is 0. The van der Waals surface area contributed by atoms with Crippen LogP contribution in [0.2, 0.25) is 0 Å². The average molecular weight is 683 g/mol. The van der Waals surface area contributed by atoms with E-state index in [0.29, 0.717) is 22.8 Å². The molecule has 0 saturated carbocycles. The smallest absolute Gasteiger partial charge is 0.137 e. The first-order valence-electron chi connectivity index (χ1n) is 16.8. The number of aromatic nitrogens is 10. The molecular formula is C40H34N12. The van der Waals surface area contributed by atoms with Crippen molar-refractivity contribution in [2.75, 3.05) is 0 Å². The maximum atomic E-state index is 4.93. The fraction of sp³-hybridized carbons (Fsp3) is 0.100. The second-order valence-corrected chi connectivity index (χ2v) is 12.5. The zero-order chi connectivity index (χ0) is 35.6. The van der Waals surface area contributed by atoms with Gasteiger partial charge in [0.05, 0.1) is 46.6 Å². The van der Waals surface area contributed by atoms with Crippen LogP contribution in [0.25, 0.3) is 45.5 Å². The molecule has 8 rings (SSSR count). The largest absolute Gasteiger partial charge is 0.240 e. The third-order valence-electron chi connectivity index (χ3n) is 8.78. The van der Waals surface area contributed by atoms with Gasteiger partial charge < -0.3 is 0 Å². The number of hydrogen-bond acceptors (Lipinski definition) is 8. The van der Waals surface area contributed by atoms with Crippen LogP contribution in [0, 0.1) is 27.7 Å². The van der Waals surface area contributed by atoms with Crippen molar-refractivity contribution < 1.29 is 0 Å². The molecule has 4 heterocycles. The molecule has 0 bridgehead atoms. The molecule has 0 aliphatic carbocycles. The van der Waals surface area contributed by atoms with E-state index in [2.05, 4.69) is 68.9 Å². The van der Waals surface area contributed by atoms with Crippen molar-refractivity contribution in [2.45, 2.75) is 27.7 Å². The molecule has 0 saturated heterocycles. The van der Waals surface area contributed by atoms with Crippen LogP contribution in [-0.2, 0) is 0 Å². The lowest BCUT2D eigenvalue weighted by Gasteiger charge is -2.04. The second-order valence-electron chi connectivity index (χ2n) is 12.5. The third-order valence-corrected chi connectivity index (χ3v) is 8.78. The van der Waals surface area contributed by atoms with E-state index in [-0.39, 0.29) is 0 Å². The normalized spacial score (nSPS) is 11.7. The molecule has 0 aliphatic heterocycles. The molecular weight excluding hydrogens is 649 g/mol. The molecule has 12 nitrogen and oxygen atoms in total. The second kappa shape index (κ2) is 13.7. The van der Waals surface area contributed by atoms with Gasteiger partial charge in [-0.15, -0.1) is 10.2 Å². The Kier molecular flexibility index (Phi) is 8.45. The first-order valence-corrected chi connectivity index (χ1v) is 16.8. The van der Waals surface area contributed by atoms with Gasteiger partial charge in [0.2, 0.25) is 0 Å². The van der Waals surface area contributed by atoms with Gasteiger partial charge in [0, 0.05) is 23.5 Å². The molecule has 0 aliphatic rings. The van der Waals surface area contributed by atoms with Crippen molar-refractivity contribution in [3.63, 3.8) is 0 Å². The Hall–Kier alpha value is -7.08. The van der Waals surface area contributed by atoms with Crippen LogP contribution >= 0.6 is 0 Å². The van der Waals surface area contributed by atoms with E-state index in [9.17, 15) is 0 Å². The summed E-state index contributed by atoms with van der Waals surface area (Å²) in [5.41, 5.74) is 11.8. The highest BCUT2D eigenvalue weighted by molar-refractivity contribution is 5.91. The SMILES string of the molecule is Cc1ccc(-n2nnc(-c3nn(-c4ccccc4)cc3C=NN=Cc3cn(-c4ccccc4)nc3-c3nnn(-c4ccc(C)cc4)c3C)c2C)cc1. The topological polar surface area (TPSA) is 122 Å². The van der Waals surface area contributed by atoms with E-state index >= 15 is 0 Å². The Balaban J connectivity index is 1.16. The number of nitrogens with zero attached hydrogens (tertiary/aromatic N) is 12. The van der Waals surface area contributed by atoms with Gasteiger partial charge in [0.15, 0.2) is 0 Å². The zero-order valence-corrected chi connectivity index (χ0v) is 29.1. The van der Waals surface area contributed by atoms with Gasteiger partial charge in [0.25, 0.3) is 0 Å². The average Bonchev–Trinajstić information content (AvgIpc) is 3.97. The fourth-order valence-corrected chi connectivity index (χ4v) is 5.91. The van der Waals surface area contributed by atoms with Crippen LogP contribution in [0.3, 0.4) is 0 Å². The third kappa shape index (κ3) is 6.24. The van der Waals surface area contributed by atoms with Crippen LogP contribution in [0.5, 0.6) is 0 Å². The van der Waals surface area contributed by atoms with Crippen molar-refractivity contribution in [1.29, 1.82) is 0 Å².